The van der Waals surface area contributed by atoms with Gasteiger partial charge in [-0.25, -0.2) is 24.3 Å². The minimum Gasteiger partial charge on any atom is -0.463 e. The van der Waals surface area contributed by atoms with Gasteiger partial charge in [0.05, 0.1) is 12.5 Å². The summed E-state index contributed by atoms with van der Waals surface area (Å²) in [6.07, 6.45) is 0.220. The van der Waals surface area contributed by atoms with Crippen molar-refractivity contribution in [2.24, 2.45) is 18.9 Å². The van der Waals surface area contributed by atoms with Gasteiger partial charge in [-0.3, -0.25) is 4.79 Å². The summed E-state index contributed by atoms with van der Waals surface area (Å²) in [4.78, 5) is 31.0. The molecule has 38 heavy (non-hydrogen) atoms. The minimum absolute atomic E-state index is 0. The smallest absolute Gasteiger partial charge is 0.437 e. The molecule has 4 heterocycles. The molecule has 1 aliphatic carbocycles. The topological polar surface area (TPSA) is 86.0 Å². The van der Waals surface area contributed by atoms with Gasteiger partial charge in [0.25, 0.3) is 5.91 Å². The van der Waals surface area contributed by atoms with Gasteiger partial charge in [0.15, 0.2) is 22.7 Å². The molecule has 1 aliphatic heterocycles. The molecular weight excluding hydrogens is 504 g/mol. The molecule has 8 nitrogen and oxygen atoms in total. The lowest BCUT2D eigenvalue weighted by Crippen LogP contribution is -2.31. The third-order valence-electron chi connectivity index (χ3n) is 6.42. The number of fused-ring (bicyclic) bond motifs is 2. The number of piperidine rings is 1. The zero-order valence-electron chi connectivity index (χ0n) is 20.2. The Hall–Kier alpha value is -4.35. The van der Waals surface area contributed by atoms with Crippen molar-refractivity contribution in [2.75, 3.05) is 13.1 Å². The van der Waals surface area contributed by atoms with Gasteiger partial charge in [0, 0.05) is 33.3 Å². The Bertz CT molecular complexity index is 1500. The Morgan fingerprint density at radius 1 is 1.13 bits per heavy atom. The van der Waals surface area contributed by atoms with E-state index < -0.39 is 11.9 Å². The van der Waals surface area contributed by atoms with Crippen molar-refractivity contribution in [3.05, 3.63) is 78.8 Å². The number of hydrogen-bond acceptors (Lipinski definition) is 6. The second-order valence-corrected chi connectivity index (χ2v) is 9.00. The lowest BCUT2D eigenvalue weighted by molar-refractivity contribution is -0.142. The van der Waals surface area contributed by atoms with Gasteiger partial charge in [-0.1, -0.05) is 6.58 Å². The van der Waals surface area contributed by atoms with E-state index in [2.05, 4.69) is 31.3 Å². The first-order valence-electron chi connectivity index (χ1n) is 11.7. The quantitative estimate of drug-likeness (QED) is 0.270. The number of aryl methyl sites for hydroxylation is 1. The molecule has 198 valence electrons. The van der Waals surface area contributed by atoms with Gasteiger partial charge in [-0.05, 0) is 54.7 Å². The molecule has 2 aliphatic rings. The molecule has 2 fully saturated rings. The van der Waals surface area contributed by atoms with E-state index in [4.69, 9.17) is 0 Å². The van der Waals surface area contributed by atoms with Crippen LogP contribution >= 0.6 is 0 Å². The van der Waals surface area contributed by atoms with Crippen LogP contribution in [0.1, 0.15) is 24.0 Å². The molecule has 1 amide bonds. The van der Waals surface area contributed by atoms with Crippen LogP contribution in [-0.4, -0.2) is 48.4 Å². The van der Waals surface area contributed by atoms with Crippen molar-refractivity contribution in [3.63, 3.8) is 0 Å². The van der Waals surface area contributed by atoms with Crippen molar-refractivity contribution < 1.29 is 28.5 Å². The molecule has 12 heteroatoms. The summed E-state index contributed by atoms with van der Waals surface area (Å²) in [5.74, 6) is 1.30. The van der Waals surface area contributed by atoms with Crippen molar-refractivity contribution in [2.45, 2.75) is 12.6 Å². The number of pyridine rings is 1. The first kappa shape index (κ1) is 25.3. The lowest BCUT2D eigenvalue weighted by Gasteiger charge is -2.16. The van der Waals surface area contributed by atoms with Crippen LogP contribution in [0.25, 0.3) is 22.7 Å². The Morgan fingerprint density at radius 3 is 2.50 bits per heavy atom. The van der Waals surface area contributed by atoms with E-state index >= 15 is 0 Å². The number of alkyl halides is 3. The maximum Gasteiger partial charge on any atom is 0.437 e. The number of carbonyl (C=O) groups is 1. The van der Waals surface area contributed by atoms with Gasteiger partial charge in [0.2, 0.25) is 0 Å². The molecule has 0 radical (unpaired) electrons. The molecule has 4 aromatic rings. The van der Waals surface area contributed by atoms with Crippen molar-refractivity contribution in [1.82, 2.24) is 29.4 Å². The maximum atomic E-state index is 13.1. The summed E-state index contributed by atoms with van der Waals surface area (Å²) >= 11 is 0. The summed E-state index contributed by atoms with van der Waals surface area (Å²) in [6, 6.07) is 8.65. The molecule has 2 atom stereocenters. The summed E-state index contributed by atoms with van der Waals surface area (Å²) in [5, 5.41) is 0. The molecule has 0 N–H and O–H groups in total. The highest BCUT2D eigenvalue weighted by Gasteiger charge is 2.47. The monoisotopic (exact) mass is 528 g/mol. The summed E-state index contributed by atoms with van der Waals surface area (Å²) in [5.41, 5.74) is 1.10. The van der Waals surface area contributed by atoms with Crippen molar-refractivity contribution in [1.29, 1.82) is 0 Å². The normalized spacial score (nSPS) is 18.0. The van der Waals surface area contributed by atoms with Crippen LogP contribution in [0.3, 0.4) is 0 Å². The molecule has 0 spiro atoms. The molecule has 1 unspecified atom stereocenters. The first-order chi connectivity index (χ1) is 18.2. The lowest BCUT2D eigenvalue weighted by atomic mass is 10.2. The fourth-order valence-corrected chi connectivity index (χ4v) is 4.43. The SMILES string of the molecule is C=COc1cccnc1C(F)(F)F.Cn1c(-c2ccc(F)cc2)nc2ncc(C(=O)N3CC4C[C@@H]4C3)nc21.[HH]. The number of halogens is 4. The number of ether oxygens (including phenoxy) is 1. The largest absolute Gasteiger partial charge is 0.463 e. The fourth-order valence-electron chi connectivity index (χ4n) is 4.43. The number of amides is 1. The predicted molar refractivity (Wildman–Crippen MR) is 131 cm³/mol. The van der Waals surface area contributed by atoms with E-state index in [1.807, 2.05) is 11.9 Å². The number of nitrogens with zero attached hydrogens (tertiary/aromatic N) is 6. The van der Waals surface area contributed by atoms with Crippen LogP contribution in [0.2, 0.25) is 0 Å². The average Bonchev–Trinajstić information content (AvgIpc) is 3.36. The van der Waals surface area contributed by atoms with Crippen LogP contribution < -0.4 is 4.74 Å². The third kappa shape index (κ3) is 5.06. The number of benzene rings is 1. The number of rotatable bonds is 4. The molecule has 3 aromatic heterocycles. The van der Waals surface area contributed by atoms with Gasteiger partial charge in [0.1, 0.15) is 17.3 Å². The van der Waals surface area contributed by atoms with E-state index in [1.165, 1.54) is 36.9 Å². The Kier molecular flexibility index (Phi) is 6.55. The predicted octanol–water partition coefficient (Wildman–Crippen LogP) is 5.13. The van der Waals surface area contributed by atoms with E-state index in [0.717, 1.165) is 31.1 Å². The Labute approximate surface area is 216 Å². The zero-order valence-corrected chi connectivity index (χ0v) is 20.2. The zero-order chi connectivity index (χ0) is 27.0. The van der Waals surface area contributed by atoms with Crippen molar-refractivity contribution in [3.8, 4) is 17.1 Å². The van der Waals surface area contributed by atoms with Crippen LogP contribution in [-0.2, 0) is 13.2 Å². The number of hydrogen-bond donors (Lipinski definition) is 0. The number of carbonyl (C=O) groups excluding carboxylic acids is 1. The van der Waals surface area contributed by atoms with Crippen LogP contribution in [0.5, 0.6) is 5.75 Å². The van der Waals surface area contributed by atoms with Crippen LogP contribution in [0.15, 0.2) is 61.6 Å². The van der Waals surface area contributed by atoms with Crippen molar-refractivity contribution >= 4 is 17.2 Å². The van der Waals surface area contributed by atoms with E-state index in [1.54, 1.807) is 16.7 Å². The van der Waals surface area contributed by atoms with Crippen LogP contribution in [0, 0.1) is 17.7 Å². The standard InChI is InChI=1S/C18H16FN5O.C8H6F3NO.H2/c1-23-16(10-2-4-13(19)5-3-10)22-15-17(23)21-14(7-20-15)18(25)24-8-11-6-12(11)9-24;1-2-13-6-4-3-5-12-7(6)8(9,10)11;/h2-5,7,11-12H,6,8-9H2,1H3;2-5H,1H2;1H/t11-,12?;;/m1../s1. The maximum absolute atomic E-state index is 13.1. The molecule has 6 rings (SSSR count). The van der Waals surface area contributed by atoms with Gasteiger partial charge < -0.3 is 14.2 Å². The summed E-state index contributed by atoms with van der Waals surface area (Å²) in [7, 11) is 1.82. The van der Waals surface area contributed by atoms with E-state index in [9.17, 15) is 22.4 Å². The van der Waals surface area contributed by atoms with Crippen LogP contribution in [0.4, 0.5) is 17.6 Å². The van der Waals surface area contributed by atoms with Gasteiger partial charge >= 0.3 is 6.18 Å². The molecular formula is C26H24F4N6O2. The Morgan fingerprint density at radius 2 is 1.84 bits per heavy atom. The number of imidazole rings is 1. The first-order valence-corrected chi connectivity index (χ1v) is 11.7. The second kappa shape index (κ2) is 9.84. The molecule has 1 saturated heterocycles. The fraction of sp³-hybridized carbons (Fsp3) is 0.269. The molecule has 1 saturated carbocycles. The molecule has 0 bridgehead atoms. The summed E-state index contributed by atoms with van der Waals surface area (Å²) < 4.78 is 56.0. The highest BCUT2D eigenvalue weighted by molar-refractivity contribution is 5.93. The minimum atomic E-state index is -4.50. The van der Waals surface area contributed by atoms with Gasteiger partial charge in [-0.2, -0.15) is 13.2 Å². The number of aromatic nitrogens is 5. The summed E-state index contributed by atoms with van der Waals surface area (Å²) in [6.45, 7) is 4.82. The highest BCUT2D eigenvalue weighted by atomic mass is 19.4. The highest BCUT2D eigenvalue weighted by Crippen LogP contribution is 2.45. The number of likely N-dealkylation sites (tertiary alicyclic amines) is 1. The van der Waals surface area contributed by atoms with E-state index in [0.29, 0.717) is 34.6 Å². The molecule has 1 aromatic carbocycles. The Balaban J connectivity index is 0.000000216. The average molecular weight is 529 g/mol. The second-order valence-electron chi connectivity index (χ2n) is 9.00. The van der Waals surface area contributed by atoms with Gasteiger partial charge in [-0.15, -0.1) is 0 Å². The third-order valence-corrected chi connectivity index (χ3v) is 6.42. The van der Waals surface area contributed by atoms with E-state index in [-0.39, 0.29) is 18.9 Å².